The number of anilines is 1. The number of benzene rings is 1. The number of amides is 1. The van der Waals surface area contributed by atoms with Gasteiger partial charge in [-0.25, -0.2) is 0 Å². The third kappa shape index (κ3) is 6.37. The highest BCUT2D eigenvalue weighted by atomic mass is 35.5. The van der Waals surface area contributed by atoms with Crippen molar-refractivity contribution in [1.29, 1.82) is 0 Å². The van der Waals surface area contributed by atoms with E-state index in [1.807, 2.05) is 38.2 Å². The van der Waals surface area contributed by atoms with Crippen LogP contribution in [0.3, 0.4) is 0 Å². The summed E-state index contributed by atoms with van der Waals surface area (Å²) in [5.41, 5.74) is 0.741. The highest BCUT2D eigenvalue weighted by Gasteiger charge is 2.19. The minimum Gasteiger partial charge on any atom is -0.492 e. The van der Waals surface area contributed by atoms with Crippen molar-refractivity contribution in [2.24, 2.45) is 0 Å². The zero-order valence-corrected chi connectivity index (χ0v) is 14.8. The second kappa shape index (κ2) is 10.5. The lowest BCUT2D eigenvalue weighted by Crippen LogP contribution is -2.38. The number of hydrogen-bond acceptors (Lipinski definition) is 4. The van der Waals surface area contributed by atoms with Crippen molar-refractivity contribution in [3.8, 4) is 5.75 Å². The lowest BCUT2D eigenvalue weighted by Gasteiger charge is -2.26. The Hall–Kier alpha value is -1.30. The van der Waals surface area contributed by atoms with Crippen molar-refractivity contribution >= 4 is 24.0 Å². The first-order valence-corrected chi connectivity index (χ1v) is 8.13. The Morgan fingerprint density at radius 2 is 2.13 bits per heavy atom. The molecule has 1 unspecified atom stereocenters. The lowest BCUT2D eigenvalue weighted by molar-refractivity contribution is -0.117. The number of hydrogen-bond donors (Lipinski definition) is 2. The van der Waals surface area contributed by atoms with Crippen LogP contribution in [-0.4, -0.2) is 50.1 Å². The third-order valence-corrected chi connectivity index (χ3v) is 4.02. The molecule has 1 amide bonds. The molecule has 1 saturated heterocycles. The van der Waals surface area contributed by atoms with Gasteiger partial charge in [-0.2, -0.15) is 0 Å². The van der Waals surface area contributed by atoms with Gasteiger partial charge in [-0.15, -0.1) is 12.4 Å². The SMILES string of the molecule is CCOc1ccccc1NC(=O)CN(C)C1CCCNCC1.Cl. The largest absolute Gasteiger partial charge is 0.492 e. The first kappa shape index (κ1) is 19.7. The number of para-hydroxylation sites is 2. The molecule has 1 aliphatic rings. The van der Waals surface area contributed by atoms with Crippen LogP contribution in [-0.2, 0) is 4.79 Å². The van der Waals surface area contributed by atoms with Crippen LogP contribution in [0.2, 0.25) is 0 Å². The maximum Gasteiger partial charge on any atom is 0.238 e. The average molecular weight is 342 g/mol. The number of nitrogens with zero attached hydrogens (tertiary/aromatic N) is 1. The predicted octanol–water partition coefficient (Wildman–Crippen LogP) is 2.52. The molecule has 130 valence electrons. The summed E-state index contributed by atoms with van der Waals surface area (Å²) in [6.07, 6.45) is 3.41. The van der Waals surface area contributed by atoms with Crippen molar-refractivity contribution in [2.75, 3.05) is 38.6 Å². The summed E-state index contributed by atoms with van der Waals surface area (Å²) in [4.78, 5) is 14.4. The van der Waals surface area contributed by atoms with Crippen molar-refractivity contribution < 1.29 is 9.53 Å². The van der Waals surface area contributed by atoms with Crippen LogP contribution in [0, 0.1) is 0 Å². The van der Waals surface area contributed by atoms with Crippen LogP contribution < -0.4 is 15.4 Å². The molecule has 1 aromatic rings. The summed E-state index contributed by atoms with van der Waals surface area (Å²) < 4.78 is 5.54. The molecule has 0 spiro atoms. The van der Waals surface area contributed by atoms with Gasteiger partial charge < -0.3 is 15.4 Å². The van der Waals surface area contributed by atoms with Gasteiger partial charge in [0.2, 0.25) is 5.91 Å². The van der Waals surface area contributed by atoms with Crippen molar-refractivity contribution in [1.82, 2.24) is 10.2 Å². The van der Waals surface area contributed by atoms with Gasteiger partial charge in [0, 0.05) is 6.04 Å². The number of likely N-dealkylation sites (N-methyl/N-ethyl adjacent to an activating group) is 1. The minimum atomic E-state index is 0. The zero-order chi connectivity index (χ0) is 15.8. The molecular weight excluding hydrogens is 314 g/mol. The lowest BCUT2D eigenvalue weighted by atomic mass is 10.1. The van der Waals surface area contributed by atoms with Crippen molar-refractivity contribution in [2.45, 2.75) is 32.2 Å². The van der Waals surface area contributed by atoms with Crippen LogP contribution in [0.5, 0.6) is 5.75 Å². The molecule has 1 aromatic carbocycles. The monoisotopic (exact) mass is 341 g/mol. The Kier molecular flexibility index (Phi) is 8.99. The second-order valence-electron chi connectivity index (χ2n) is 5.73. The molecule has 1 fully saturated rings. The van der Waals surface area contributed by atoms with E-state index in [9.17, 15) is 4.79 Å². The number of rotatable bonds is 6. The number of nitrogens with one attached hydrogen (secondary N) is 2. The molecule has 0 saturated carbocycles. The molecule has 5 nitrogen and oxygen atoms in total. The van der Waals surface area contributed by atoms with Gasteiger partial charge in [0.15, 0.2) is 0 Å². The molecular formula is C17H28ClN3O2. The van der Waals surface area contributed by atoms with E-state index in [4.69, 9.17) is 4.74 Å². The molecule has 1 atom stereocenters. The maximum atomic E-state index is 12.3. The average Bonchev–Trinajstić information content (AvgIpc) is 2.78. The normalized spacial score (nSPS) is 18.0. The smallest absolute Gasteiger partial charge is 0.238 e. The predicted molar refractivity (Wildman–Crippen MR) is 96.6 cm³/mol. The molecule has 6 heteroatoms. The Morgan fingerprint density at radius 1 is 1.35 bits per heavy atom. The van der Waals surface area contributed by atoms with Crippen molar-refractivity contribution in [3.05, 3.63) is 24.3 Å². The fraction of sp³-hybridized carbons (Fsp3) is 0.588. The summed E-state index contributed by atoms with van der Waals surface area (Å²) in [6.45, 7) is 5.04. The van der Waals surface area contributed by atoms with E-state index in [2.05, 4.69) is 15.5 Å². The Morgan fingerprint density at radius 3 is 2.91 bits per heavy atom. The number of halogens is 1. The van der Waals surface area contributed by atoms with Gasteiger partial charge in [-0.3, -0.25) is 9.69 Å². The third-order valence-electron chi connectivity index (χ3n) is 4.02. The maximum absolute atomic E-state index is 12.3. The number of carbonyl (C=O) groups excluding carboxylic acids is 1. The highest BCUT2D eigenvalue weighted by molar-refractivity contribution is 5.93. The second-order valence-corrected chi connectivity index (χ2v) is 5.73. The van der Waals surface area contributed by atoms with Crippen LogP contribution in [0.4, 0.5) is 5.69 Å². The summed E-state index contributed by atoms with van der Waals surface area (Å²) in [7, 11) is 2.03. The standard InChI is InChI=1S/C17H27N3O2.ClH/c1-3-22-16-9-5-4-8-15(16)19-17(21)13-20(2)14-7-6-11-18-12-10-14;/h4-5,8-9,14,18H,3,6-7,10-13H2,1-2H3,(H,19,21);1H. The summed E-state index contributed by atoms with van der Waals surface area (Å²) in [6, 6.07) is 8.03. The minimum absolute atomic E-state index is 0. The molecule has 2 N–H and O–H groups in total. The van der Waals surface area contributed by atoms with E-state index < -0.39 is 0 Å². The highest BCUT2D eigenvalue weighted by Crippen LogP contribution is 2.23. The summed E-state index contributed by atoms with van der Waals surface area (Å²) in [5, 5.41) is 6.36. The van der Waals surface area contributed by atoms with Crippen LogP contribution in [0.1, 0.15) is 26.2 Å². The van der Waals surface area contributed by atoms with Gasteiger partial charge in [-0.1, -0.05) is 12.1 Å². The summed E-state index contributed by atoms with van der Waals surface area (Å²) in [5.74, 6) is 0.728. The Balaban J connectivity index is 0.00000264. The fourth-order valence-electron chi connectivity index (χ4n) is 2.84. The number of ether oxygens (including phenoxy) is 1. The van der Waals surface area contributed by atoms with E-state index in [1.165, 1.54) is 6.42 Å². The van der Waals surface area contributed by atoms with Crippen LogP contribution in [0.15, 0.2) is 24.3 Å². The van der Waals surface area contributed by atoms with Gasteiger partial charge in [0.05, 0.1) is 18.8 Å². The van der Waals surface area contributed by atoms with Gasteiger partial charge >= 0.3 is 0 Å². The van der Waals surface area contributed by atoms with Gasteiger partial charge in [0.1, 0.15) is 5.75 Å². The van der Waals surface area contributed by atoms with E-state index >= 15 is 0 Å². The first-order chi connectivity index (χ1) is 10.7. The fourth-order valence-corrected chi connectivity index (χ4v) is 2.84. The molecule has 0 aliphatic carbocycles. The molecule has 1 aliphatic heterocycles. The molecule has 0 radical (unpaired) electrons. The quantitative estimate of drug-likeness (QED) is 0.834. The molecule has 1 heterocycles. The molecule has 23 heavy (non-hydrogen) atoms. The van der Waals surface area contributed by atoms with E-state index in [0.717, 1.165) is 37.4 Å². The topological polar surface area (TPSA) is 53.6 Å². The Bertz CT molecular complexity index is 477. The first-order valence-electron chi connectivity index (χ1n) is 8.13. The summed E-state index contributed by atoms with van der Waals surface area (Å²) >= 11 is 0. The van der Waals surface area contributed by atoms with E-state index in [-0.39, 0.29) is 18.3 Å². The van der Waals surface area contributed by atoms with Crippen LogP contribution >= 0.6 is 12.4 Å². The van der Waals surface area contributed by atoms with Crippen molar-refractivity contribution in [3.63, 3.8) is 0 Å². The molecule has 0 bridgehead atoms. The zero-order valence-electron chi connectivity index (χ0n) is 14.0. The Labute approximate surface area is 145 Å². The van der Waals surface area contributed by atoms with Gasteiger partial charge in [0.25, 0.3) is 0 Å². The molecule has 0 aromatic heterocycles. The molecule has 2 rings (SSSR count). The number of carbonyl (C=O) groups is 1. The van der Waals surface area contributed by atoms with E-state index in [1.54, 1.807) is 0 Å². The van der Waals surface area contributed by atoms with Gasteiger partial charge in [-0.05, 0) is 58.5 Å². The van der Waals surface area contributed by atoms with Crippen LogP contribution in [0.25, 0.3) is 0 Å². The van der Waals surface area contributed by atoms with E-state index in [0.29, 0.717) is 19.2 Å².